The van der Waals surface area contributed by atoms with Gasteiger partial charge in [-0.15, -0.1) is 0 Å². The first-order valence-corrected chi connectivity index (χ1v) is 4.22. The maximum absolute atomic E-state index is 10.6. The lowest BCUT2D eigenvalue weighted by Crippen LogP contribution is -2.21. The highest BCUT2D eigenvalue weighted by atomic mass is 19.4. The number of nitro groups is 1. The Balaban J connectivity index is 0.000000360. The molecule has 0 spiro atoms. The SMILES string of the molecule is NCCn1cnc([N+](=O)[O-])n1.O=C(O)C(F)(F)F. The number of carboxylic acids is 1. The summed E-state index contributed by atoms with van der Waals surface area (Å²) < 4.78 is 33.1. The first-order valence-electron chi connectivity index (χ1n) is 4.22. The number of hydrogen-bond acceptors (Lipinski definition) is 6. The van der Waals surface area contributed by atoms with Crippen LogP contribution in [-0.2, 0) is 11.3 Å². The Morgan fingerprint density at radius 1 is 1.61 bits per heavy atom. The van der Waals surface area contributed by atoms with Gasteiger partial charge in [0, 0.05) is 11.6 Å². The fraction of sp³-hybridized carbons (Fsp3) is 0.500. The van der Waals surface area contributed by atoms with Crippen molar-refractivity contribution >= 4 is 11.9 Å². The highest BCUT2D eigenvalue weighted by molar-refractivity contribution is 5.73. The van der Waals surface area contributed by atoms with Crippen LogP contribution in [0.5, 0.6) is 0 Å². The monoisotopic (exact) mass is 271 g/mol. The quantitative estimate of drug-likeness (QED) is 0.572. The highest BCUT2D eigenvalue weighted by Crippen LogP contribution is 2.13. The van der Waals surface area contributed by atoms with Crippen LogP contribution in [-0.4, -0.2) is 43.5 Å². The molecule has 0 saturated carbocycles. The fourth-order valence-corrected chi connectivity index (χ4v) is 0.608. The minimum Gasteiger partial charge on any atom is -0.475 e. The molecule has 0 aliphatic rings. The van der Waals surface area contributed by atoms with Crippen molar-refractivity contribution in [1.29, 1.82) is 0 Å². The molecular formula is C6H8F3N5O4. The van der Waals surface area contributed by atoms with Gasteiger partial charge in [-0.05, 0) is 4.92 Å². The molecule has 0 atom stereocenters. The van der Waals surface area contributed by atoms with E-state index in [0.29, 0.717) is 13.1 Å². The highest BCUT2D eigenvalue weighted by Gasteiger charge is 2.38. The summed E-state index contributed by atoms with van der Waals surface area (Å²) in [5.41, 5.74) is 5.19. The number of carboxylic acid groups (broad SMARTS) is 1. The molecule has 18 heavy (non-hydrogen) atoms. The van der Waals surface area contributed by atoms with Gasteiger partial charge in [-0.2, -0.15) is 17.9 Å². The van der Waals surface area contributed by atoms with Crippen LogP contribution in [0.2, 0.25) is 0 Å². The summed E-state index contributed by atoms with van der Waals surface area (Å²) in [6.45, 7) is 0.835. The van der Waals surface area contributed by atoms with Gasteiger partial charge < -0.3 is 21.0 Å². The number of halogens is 3. The third-order valence-electron chi connectivity index (χ3n) is 1.29. The molecule has 3 N–H and O–H groups in total. The molecule has 0 amide bonds. The Bertz CT molecular complexity index is 418. The third kappa shape index (κ3) is 5.74. The van der Waals surface area contributed by atoms with Crippen LogP contribution >= 0.6 is 0 Å². The van der Waals surface area contributed by atoms with Gasteiger partial charge in [0.05, 0.1) is 6.54 Å². The lowest BCUT2D eigenvalue weighted by Gasteiger charge is -1.93. The van der Waals surface area contributed by atoms with Crippen LogP contribution in [0, 0.1) is 10.1 Å². The Morgan fingerprint density at radius 2 is 2.11 bits per heavy atom. The molecule has 0 bridgehead atoms. The minimum atomic E-state index is -5.08. The molecule has 0 unspecified atom stereocenters. The molecule has 1 aromatic rings. The largest absolute Gasteiger partial charge is 0.490 e. The predicted molar refractivity (Wildman–Crippen MR) is 49.4 cm³/mol. The van der Waals surface area contributed by atoms with E-state index in [9.17, 15) is 23.3 Å². The van der Waals surface area contributed by atoms with E-state index in [1.54, 1.807) is 0 Å². The van der Waals surface area contributed by atoms with Gasteiger partial charge in [0.1, 0.15) is 0 Å². The van der Waals surface area contributed by atoms with Crippen molar-refractivity contribution in [3.8, 4) is 0 Å². The Hall–Kier alpha value is -2.24. The molecule has 1 aromatic heterocycles. The lowest BCUT2D eigenvalue weighted by atomic mass is 10.7. The van der Waals surface area contributed by atoms with E-state index in [4.69, 9.17) is 15.6 Å². The number of aliphatic carboxylic acids is 1. The number of aromatic nitrogens is 3. The maximum Gasteiger partial charge on any atom is 0.490 e. The van der Waals surface area contributed by atoms with E-state index >= 15 is 0 Å². The molecular weight excluding hydrogens is 263 g/mol. The molecule has 1 heterocycles. The topological polar surface area (TPSA) is 137 Å². The van der Waals surface area contributed by atoms with Gasteiger partial charge in [0.25, 0.3) is 0 Å². The second-order valence-electron chi connectivity index (χ2n) is 2.66. The van der Waals surface area contributed by atoms with E-state index in [1.807, 2.05) is 0 Å². The van der Waals surface area contributed by atoms with Crippen molar-refractivity contribution < 1.29 is 28.0 Å². The molecule has 0 aromatic carbocycles. The smallest absolute Gasteiger partial charge is 0.475 e. The Labute approximate surface area is 97.2 Å². The first kappa shape index (κ1) is 15.8. The zero-order valence-electron chi connectivity index (χ0n) is 8.66. The van der Waals surface area contributed by atoms with Crippen molar-refractivity contribution in [1.82, 2.24) is 14.8 Å². The van der Waals surface area contributed by atoms with E-state index < -0.39 is 23.0 Å². The van der Waals surface area contributed by atoms with E-state index in [1.165, 1.54) is 11.0 Å². The maximum atomic E-state index is 10.6. The van der Waals surface area contributed by atoms with Crippen LogP contribution in [0.15, 0.2) is 6.33 Å². The lowest BCUT2D eigenvalue weighted by molar-refractivity contribution is -0.394. The summed E-state index contributed by atoms with van der Waals surface area (Å²) in [6, 6.07) is 0. The molecule has 0 aliphatic heterocycles. The number of carbonyl (C=O) groups is 1. The number of rotatable bonds is 3. The molecule has 12 heteroatoms. The molecule has 0 fully saturated rings. The van der Waals surface area contributed by atoms with Crippen molar-refractivity contribution in [2.75, 3.05) is 6.54 Å². The van der Waals surface area contributed by atoms with Crippen molar-refractivity contribution in [3.63, 3.8) is 0 Å². The van der Waals surface area contributed by atoms with Gasteiger partial charge in [-0.25, -0.2) is 4.79 Å². The fourth-order valence-electron chi connectivity index (χ4n) is 0.608. The number of hydrogen-bond donors (Lipinski definition) is 2. The Kier molecular flexibility index (Phi) is 5.68. The molecule has 0 radical (unpaired) electrons. The average Bonchev–Trinajstić information content (AvgIpc) is 2.66. The second kappa shape index (κ2) is 6.48. The summed E-state index contributed by atoms with van der Waals surface area (Å²) in [7, 11) is 0. The predicted octanol–water partition coefficient (Wildman–Crippen LogP) is -0.222. The van der Waals surface area contributed by atoms with E-state index in [2.05, 4.69) is 10.1 Å². The molecule has 102 valence electrons. The van der Waals surface area contributed by atoms with Crippen molar-refractivity contribution in [2.45, 2.75) is 12.7 Å². The first-order chi connectivity index (χ1) is 8.18. The van der Waals surface area contributed by atoms with Gasteiger partial charge in [-0.3, -0.25) is 0 Å². The van der Waals surface area contributed by atoms with Gasteiger partial charge >= 0.3 is 18.1 Å². The zero-order chi connectivity index (χ0) is 14.3. The number of alkyl halides is 3. The van der Waals surface area contributed by atoms with Crippen LogP contribution in [0.4, 0.5) is 19.1 Å². The summed E-state index contributed by atoms with van der Waals surface area (Å²) in [4.78, 5) is 21.7. The van der Waals surface area contributed by atoms with E-state index in [-0.39, 0.29) is 0 Å². The number of nitrogens with zero attached hydrogens (tertiary/aromatic N) is 4. The summed E-state index contributed by atoms with van der Waals surface area (Å²) in [5, 5.41) is 20.7. The standard InChI is InChI=1S/C4H7N5O2.C2HF3O2/c5-1-2-8-3-6-4(7-8)9(10)11;3-2(4,5)1(6)7/h3H,1-2,5H2;(H,6,7). The summed E-state index contributed by atoms with van der Waals surface area (Å²) in [6.07, 6.45) is -3.80. The molecule has 0 aliphatic carbocycles. The molecule has 9 nitrogen and oxygen atoms in total. The van der Waals surface area contributed by atoms with Crippen LogP contribution < -0.4 is 5.73 Å². The van der Waals surface area contributed by atoms with E-state index in [0.717, 1.165) is 0 Å². The number of nitrogens with two attached hydrogens (primary N) is 1. The summed E-state index contributed by atoms with van der Waals surface area (Å²) >= 11 is 0. The normalized spacial score (nSPS) is 10.4. The summed E-state index contributed by atoms with van der Waals surface area (Å²) in [5.74, 6) is -3.15. The Morgan fingerprint density at radius 3 is 2.39 bits per heavy atom. The van der Waals surface area contributed by atoms with Gasteiger partial charge in [-0.1, -0.05) is 4.98 Å². The van der Waals surface area contributed by atoms with Gasteiger partial charge in [0.15, 0.2) is 0 Å². The van der Waals surface area contributed by atoms with Crippen molar-refractivity contribution in [2.24, 2.45) is 5.73 Å². The molecule has 1 rings (SSSR count). The second-order valence-corrected chi connectivity index (χ2v) is 2.66. The van der Waals surface area contributed by atoms with Crippen LogP contribution in [0.3, 0.4) is 0 Å². The zero-order valence-corrected chi connectivity index (χ0v) is 8.66. The third-order valence-corrected chi connectivity index (χ3v) is 1.29. The van der Waals surface area contributed by atoms with Gasteiger partial charge in [0.2, 0.25) is 6.33 Å². The van der Waals surface area contributed by atoms with Crippen LogP contribution in [0.1, 0.15) is 0 Å². The van der Waals surface area contributed by atoms with Crippen LogP contribution in [0.25, 0.3) is 0 Å². The minimum absolute atomic E-state index is 0.389. The molecule has 0 saturated heterocycles. The van der Waals surface area contributed by atoms with Crippen molar-refractivity contribution in [3.05, 3.63) is 16.4 Å². The average molecular weight is 271 g/mol.